The van der Waals surface area contributed by atoms with Crippen LogP contribution in [0.2, 0.25) is 0 Å². The number of carbonyl (C=O) groups excluding carboxylic acids is 1. The SMILES string of the molecule is CC(=O)N1CCC2(CC1)C/C(=N\NC(=S)Nc1c(C)cc(C)cc1C)c1cc(O)ccc1O2. The summed E-state index contributed by atoms with van der Waals surface area (Å²) < 4.78 is 6.41. The van der Waals surface area contributed by atoms with E-state index in [0.29, 0.717) is 30.4 Å². The van der Waals surface area contributed by atoms with E-state index < -0.39 is 5.60 Å². The molecule has 2 aromatic rings. The number of ether oxygens (including phenoxy) is 1. The van der Waals surface area contributed by atoms with E-state index in [2.05, 4.69) is 34.9 Å². The van der Waals surface area contributed by atoms with Gasteiger partial charge in [0.2, 0.25) is 5.91 Å². The van der Waals surface area contributed by atoms with E-state index in [1.165, 1.54) is 5.56 Å². The molecule has 2 aliphatic rings. The summed E-state index contributed by atoms with van der Waals surface area (Å²) in [7, 11) is 0. The molecule has 0 aromatic heterocycles. The number of anilines is 1. The van der Waals surface area contributed by atoms with Gasteiger partial charge in [0, 0.05) is 50.5 Å². The number of amides is 1. The molecule has 1 saturated heterocycles. The smallest absolute Gasteiger partial charge is 0.219 e. The molecule has 0 atom stereocenters. The van der Waals surface area contributed by atoms with Crippen molar-refractivity contribution in [3.05, 3.63) is 52.6 Å². The first-order valence-corrected chi connectivity index (χ1v) is 11.6. The van der Waals surface area contributed by atoms with E-state index in [-0.39, 0.29) is 11.7 Å². The van der Waals surface area contributed by atoms with Crippen molar-refractivity contribution < 1.29 is 14.6 Å². The van der Waals surface area contributed by atoms with Gasteiger partial charge in [0.25, 0.3) is 0 Å². The minimum absolute atomic E-state index is 0.0830. The van der Waals surface area contributed by atoms with Gasteiger partial charge in [-0.15, -0.1) is 0 Å². The molecule has 0 aliphatic carbocycles. The molecule has 0 bridgehead atoms. The highest BCUT2D eigenvalue weighted by Gasteiger charge is 2.42. The van der Waals surface area contributed by atoms with E-state index in [1.54, 1.807) is 25.1 Å². The molecular weight excluding hydrogens is 436 g/mol. The fourth-order valence-corrected chi connectivity index (χ4v) is 4.89. The van der Waals surface area contributed by atoms with Gasteiger partial charge in [0.1, 0.15) is 17.1 Å². The first-order chi connectivity index (χ1) is 15.7. The molecular formula is C25H30N4O3S. The second kappa shape index (κ2) is 9.02. The summed E-state index contributed by atoms with van der Waals surface area (Å²) in [5.74, 6) is 0.915. The molecule has 2 heterocycles. The summed E-state index contributed by atoms with van der Waals surface area (Å²) in [6.45, 7) is 9.06. The Morgan fingerprint density at radius 2 is 1.82 bits per heavy atom. The average molecular weight is 467 g/mol. The average Bonchev–Trinajstić information content (AvgIpc) is 2.75. The lowest BCUT2D eigenvalue weighted by Gasteiger charge is -2.44. The van der Waals surface area contributed by atoms with Crippen LogP contribution in [0.4, 0.5) is 5.69 Å². The van der Waals surface area contributed by atoms with E-state index in [0.717, 1.165) is 40.9 Å². The van der Waals surface area contributed by atoms with Gasteiger partial charge in [0.15, 0.2) is 5.11 Å². The van der Waals surface area contributed by atoms with E-state index in [9.17, 15) is 9.90 Å². The topological polar surface area (TPSA) is 86.2 Å². The normalized spacial score (nSPS) is 17.9. The third-order valence-electron chi connectivity index (χ3n) is 6.42. The van der Waals surface area contributed by atoms with Gasteiger partial charge in [-0.1, -0.05) is 17.7 Å². The highest BCUT2D eigenvalue weighted by Crippen LogP contribution is 2.40. The van der Waals surface area contributed by atoms with Crippen LogP contribution in [0, 0.1) is 20.8 Å². The number of phenols is 1. The van der Waals surface area contributed by atoms with Crippen molar-refractivity contribution in [3.63, 3.8) is 0 Å². The third kappa shape index (κ3) is 4.95. The number of nitrogens with zero attached hydrogens (tertiary/aromatic N) is 2. The van der Waals surface area contributed by atoms with Crippen molar-refractivity contribution in [3.8, 4) is 11.5 Å². The molecule has 33 heavy (non-hydrogen) atoms. The van der Waals surface area contributed by atoms with Gasteiger partial charge >= 0.3 is 0 Å². The number of hydrogen-bond acceptors (Lipinski definition) is 5. The molecule has 0 radical (unpaired) electrons. The molecule has 1 fully saturated rings. The van der Waals surface area contributed by atoms with Crippen LogP contribution in [-0.2, 0) is 4.79 Å². The Morgan fingerprint density at radius 1 is 1.15 bits per heavy atom. The monoisotopic (exact) mass is 466 g/mol. The number of piperidine rings is 1. The maximum absolute atomic E-state index is 11.8. The quantitative estimate of drug-likeness (QED) is 0.455. The lowest BCUT2D eigenvalue weighted by Crippen LogP contribution is -2.52. The Bertz CT molecular complexity index is 1110. The molecule has 7 nitrogen and oxygen atoms in total. The van der Waals surface area contributed by atoms with Crippen molar-refractivity contribution in [2.45, 2.75) is 52.6 Å². The number of thiocarbonyl (C=S) groups is 1. The zero-order valence-electron chi connectivity index (χ0n) is 19.5. The molecule has 2 aromatic carbocycles. The predicted octanol–water partition coefficient (Wildman–Crippen LogP) is 4.17. The lowest BCUT2D eigenvalue weighted by molar-refractivity contribution is -0.132. The number of nitrogens with one attached hydrogen (secondary N) is 2. The molecule has 1 spiro atoms. The van der Waals surface area contributed by atoms with Gasteiger partial charge in [-0.3, -0.25) is 10.2 Å². The largest absolute Gasteiger partial charge is 0.508 e. The van der Waals surface area contributed by atoms with Gasteiger partial charge in [-0.25, -0.2) is 0 Å². The van der Waals surface area contributed by atoms with Crippen molar-refractivity contribution in [2.24, 2.45) is 5.10 Å². The van der Waals surface area contributed by atoms with Crippen molar-refractivity contribution >= 4 is 34.6 Å². The van der Waals surface area contributed by atoms with Crippen LogP contribution in [-0.4, -0.2) is 45.4 Å². The number of fused-ring (bicyclic) bond motifs is 1. The molecule has 2 aliphatic heterocycles. The number of aryl methyl sites for hydroxylation is 3. The Labute approximate surface area is 199 Å². The predicted molar refractivity (Wildman–Crippen MR) is 134 cm³/mol. The van der Waals surface area contributed by atoms with Crippen LogP contribution in [0.3, 0.4) is 0 Å². The molecule has 4 rings (SSSR count). The first-order valence-electron chi connectivity index (χ1n) is 11.2. The summed E-state index contributed by atoms with van der Waals surface area (Å²) in [5.41, 5.74) is 8.46. The third-order valence-corrected chi connectivity index (χ3v) is 6.61. The Morgan fingerprint density at radius 3 is 2.45 bits per heavy atom. The summed E-state index contributed by atoms with van der Waals surface area (Å²) in [6.07, 6.45) is 2.00. The highest BCUT2D eigenvalue weighted by molar-refractivity contribution is 7.80. The van der Waals surface area contributed by atoms with Crippen LogP contribution < -0.4 is 15.5 Å². The van der Waals surface area contributed by atoms with E-state index in [4.69, 9.17) is 17.0 Å². The first kappa shape index (κ1) is 23.0. The van der Waals surface area contributed by atoms with Gasteiger partial charge < -0.3 is 20.1 Å². The van der Waals surface area contributed by atoms with Crippen LogP contribution in [0.25, 0.3) is 0 Å². The number of benzene rings is 2. The van der Waals surface area contributed by atoms with Crippen molar-refractivity contribution in [1.29, 1.82) is 0 Å². The highest BCUT2D eigenvalue weighted by atomic mass is 32.1. The fraction of sp³-hybridized carbons (Fsp3) is 0.400. The summed E-state index contributed by atoms with van der Waals surface area (Å²) >= 11 is 5.52. The van der Waals surface area contributed by atoms with E-state index >= 15 is 0 Å². The van der Waals surface area contributed by atoms with Crippen molar-refractivity contribution in [2.75, 3.05) is 18.4 Å². The second-order valence-corrected chi connectivity index (χ2v) is 9.45. The van der Waals surface area contributed by atoms with Crippen LogP contribution in [0.15, 0.2) is 35.4 Å². The van der Waals surface area contributed by atoms with Crippen LogP contribution >= 0.6 is 12.2 Å². The molecule has 0 unspecified atom stereocenters. The van der Waals surface area contributed by atoms with E-state index in [1.807, 2.05) is 18.7 Å². The number of hydrazone groups is 1. The lowest BCUT2D eigenvalue weighted by atomic mass is 9.82. The summed E-state index contributed by atoms with van der Waals surface area (Å²) in [6, 6.07) is 9.27. The number of aromatic hydroxyl groups is 1. The van der Waals surface area contributed by atoms with Crippen LogP contribution in [0.5, 0.6) is 11.5 Å². The van der Waals surface area contributed by atoms with Crippen LogP contribution in [0.1, 0.15) is 48.4 Å². The maximum atomic E-state index is 11.8. The second-order valence-electron chi connectivity index (χ2n) is 9.05. The van der Waals surface area contributed by atoms with Gasteiger partial charge in [0.05, 0.1) is 5.71 Å². The number of likely N-dealkylation sites (tertiary alicyclic amines) is 1. The maximum Gasteiger partial charge on any atom is 0.219 e. The minimum Gasteiger partial charge on any atom is -0.508 e. The Kier molecular flexibility index (Phi) is 6.30. The zero-order valence-corrected chi connectivity index (χ0v) is 20.3. The minimum atomic E-state index is -0.435. The number of carbonyl (C=O) groups is 1. The van der Waals surface area contributed by atoms with Gasteiger partial charge in [-0.05, 0) is 62.3 Å². The molecule has 3 N–H and O–H groups in total. The Balaban J connectivity index is 1.56. The summed E-state index contributed by atoms with van der Waals surface area (Å²) in [5, 5.41) is 18.3. The number of phenolic OH excluding ortho intramolecular Hbond substituents is 1. The van der Waals surface area contributed by atoms with Gasteiger partial charge in [-0.2, -0.15) is 5.10 Å². The molecule has 0 saturated carbocycles. The number of hydrogen-bond donors (Lipinski definition) is 3. The number of rotatable bonds is 2. The molecule has 174 valence electrons. The summed E-state index contributed by atoms with van der Waals surface area (Å²) in [4.78, 5) is 13.6. The molecule has 1 amide bonds. The van der Waals surface area contributed by atoms with Crippen molar-refractivity contribution in [1.82, 2.24) is 10.3 Å². The standard InChI is InChI=1S/C25H30N4O3S/c1-15-11-16(2)23(17(3)12-15)26-24(33)28-27-21-14-25(7-9-29(10-8-25)18(4)30)32-22-6-5-19(31)13-20(21)22/h5-6,11-13,31H,7-10,14H2,1-4H3,(H2,26,28,33)/b27-21+. The zero-order chi connectivity index (χ0) is 23.8. The Hall–Kier alpha value is -3.13. The molecule has 8 heteroatoms. The fourth-order valence-electron chi connectivity index (χ4n) is 4.75.